The van der Waals surface area contributed by atoms with Crippen LogP contribution in [0.4, 0.5) is 14.5 Å². The maximum absolute atomic E-state index is 12.0. The molecule has 0 saturated carbocycles. The maximum atomic E-state index is 12.0. The third-order valence-corrected chi connectivity index (χ3v) is 2.35. The number of amides is 1. The molecule has 0 saturated heterocycles. The van der Waals surface area contributed by atoms with Crippen molar-refractivity contribution in [2.45, 2.75) is 6.43 Å². The quantitative estimate of drug-likeness (QED) is 0.899. The first kappa shape index (κ1) is 12.6. The molecule has 1 rings (SSSR count). The van der Waals surface area contributed by atoms with Gasteiger partial charge in [-0.2, -0.15) is 8.78 Å². The summed E-state index contributed by atoms with van der Waals surface area (Å²) in [4.78, 5) is 21.5. The summed E-state index contributed by atoms with van der Waals surface area (Å²) in [6.07, 6.45) is -3.20. The Bertz CT molecular complexity index is 437. The van der Waals surface area contributed by atoms with Crippen LogP contribution in [0, 0.1) is 0 Å². The highest BCUT2D eigenvalue weighted by atomic mass is 79.9. The second kappa shape index (κ2) is 5.02. The van der Waals surface area contributed by atoms with E-state index in [9.17, 15) is 18.4 Å². The molecular formula is C9H6BrF2NO3. The predicted molar refractivity (Wildman–Crippen MR) is 55.7 cm³/mol. The Hall–Kier alpha value is -1.50. The lowest BCUT2D eigenvalue weighted by atomic mass is 10.2. The van der Waals surface area contributed by atoms with Crippen molar-refractivity contribution in [1.29, 1.82) is 0 Å². The van der Waals surface area contributed by atoms with E-state index in [-0.39, 0.29) is 15.7 Å². The monoisotopic (exact) mass is 293 g/mol. The van der Waals surface area contributed by atoms with Gasteiger partial charge in [0.15, 0.2) is 0 Å². The summed E-state index contributed by atoms with van der Waals surface area (Å²) in [7, 11) is 0. The predicted octanol–water partition coefficient (Wildman–Crippen LogP) is 2.35. The lowest BCUT2D eigenvalue weighted by Gasteiger charge is -2.09. The minimum absolute atomic E-state index is 0.180. The van der Waals surface area contributed by atoms with Crippen LogP contribution in [0.1, 0.15) is 10.4 Å². The van der Waals surface area contributed by atoms with Gasteiger partial charge in [0.25, 0.3) is 5.91 Å². The summed E-state index contributed by atoms with van der Waals surface area (Å²) in [5.41, 5.74) is -0.441. The Morgan fingerprint density at radius 1 is 1.38 bits per heavy atom. The summed E-state index contributed by atoms with van der Waals surface area (Å²) in [6, 6.07) is 4.06. The second-order valence-electron chi connectivity index (χ2n) is 2.76. The zero-order valence-electron chi connectivity index (χ0n) is 7.71. The SMILES string of the molecule is O=C(O)c1cccc(Br)c1NC(=O)C(F)F. The highest BCUT2D eigenvalue weighted by Gasteiger charge is 2.20. The number of hydrogen-bond donors (Lipinski definition) is 2. The number of nitrogens with one attached hydrogen (secondary N) is 1. The Morgan fingerprint density at radius 3 is 2.50 bits per heavy atom. The number of benzene rings is 1. The van der Waals surface area contributed by atoms with Crippen molar-refractivity contribution < 1.29 is 23.5 Å². The van der Waals surface area contributed by atoms with E-state index in [1.807, 2.05) is 5.32 Å². The Labute approximate surface area is 97.4 Å². The number of para-hydroxylation sites is 1. The fraction of sp³-hybridized carbons (Fsp3) is 0.111. The number of rotatable bonds is 3. The summed E-state index contributed by atoms with van der Waals surface area (Å²) in [5.74, 6) is -2.86. The van der Waals surface area contributed by atoms with Gasteiger partial charge >= 0.3 is 12.4 Å². The average molecular weight is 294 g/mol. The molecule has 4 nitrogen and oxygen atoms in total. The molecule has 0 aliphatic carbocycles. The van der Waals surface area contributed by atoms with Crippen LogP contribution in [0.3, 0.4) is 0 Å². The number of alkyl halides is 2. The van der Waals surface area contributed by atoms with Crippen molar-refractivity contribution in [2.75, 3.05) is 5.32 Å². The number of halogens is 3. The van der Waals surface area contributed by atoms with E-state index in [0.717, 1.165) is 0 Å². The first-order valence-corrected chi connectivity index (χ1v) is 4.83. The second-order valence-corrected chi connectivity index (χ2v) is 3.61. The fourth-order valence-electron chi connectivity index (χ4n) is 1.01. The van der Waals surface area contributed by atoms with Gasteiger partial charge in [-0.05, 0) is 28.1 Å². The van der Waals surface area contributed by atoms with E-state index in [1.54, 1.807) is 0 Å². The van der Waals surface area contributed by atoms with Gasteiger partial charge in [-0.3, -0.25) is 4.79 Å². The van der Waals surface area contributed by atoms with Gasteiger partial charge in [0.1, 0.15) is 0 Å². The molecule has 86 valence electrons. The fourth-order valence-corrected chi connectivity index (χ4v) is 1.47. The third kappa shape index (κ3) is 2.75. The molecule has 7 heteroatoms. The van der Waals surface area contributed by atoms with E-state index in [1.165, 1.54) is 18.2 Å². The van der Waals surface area contributed by atoms with Gasteiger partial charge in [0.2, 0.25) is 0 Å². The van der Waals surface area contributed by atoms with Crippen LogP contribution in [0.25, 0.3) is 0 Å². The van der Waals surface area contributed by atoms with Crippen LogP contribution < -0.4 is 5.32 Å². The Kier molecular flexibility index (Phi) is 3.94. The summed E-state index contributed by atoms with van der Waals surface area (Å²) < 4.78 is 24.2. The number of carbonyl (C=O) groups excluding carboxylic acids is 1. The molecule has 0 spiro atoms. The van der Waals surface area contributed by atoms with Crippen molar-refractivity contribution in [3.05, 3.63) is 28.2 Å². The number of carboxylic acid groups (broad SMARTS) is 1. The summed E-state index contributed by atoms with van der Waals surface area (Å²) in [5, 5.41) is 10.6. The lowest BCUT2D eigenvalue weighted by Crippen LogP contribution is -2.22. The molecule has 0 atom stereocenters. The highest BCUT2D eigenvalue weighted by Crippen LogP contribution is 2.26. The largest absolute Gasteiger partial charge is 0.478 e. The van der Waals surface area contributed by atoms with Crippen LogP contribution in [-0.4, -0.2) is 23.4 Å². The van der Waals surface area contributed by atoms with E-state index in [0.29, 0.717) is 0 Å². The summed E-state index contributed by atoms with van der Waals surface area (Å²) in [6.45, 7) is 0. The molecule has 2 N–H and O–H groups in total. The Balaban J connectivity index is 3.11. The molecule has 16 heavy (non-hydrogen) atoms. The van der Waals surface area contributed by atoms with E-state index in [2.05, 4.69) is 15.9 Å². The van der Waals surface area contributed by atoms with E-state index in [4.69, 9.17) is 5.11 Å². The molecule has 1 aromatic carbocycles. The third-order valence-electron chi connectivity index (χ3n) is 1.69. The van der Waals surface area contributed by atoms with Crippen molar-refractivity contribution >= 4 is 33.5 Å². The molecule has 1 aromatic rings. The normalized spacial score (nSPS) is 10.2. The van der Waals surface area contributed by atoms with Crippen LogP contribution in [-0.2, 0) is 4.79 Å². The number of carbonyl (C=O) groups is 2. The first-order chi connectivity index (χ1) is 7.43. The molecule has 0 aliphatic heterocycles. The van der Waals surface area contributed by atoms with E-state index >= 15 is 0 Å². The minimum Gasteiger partial charge on any atom is -0.478 e. The van der Waals surface area contributed by atoms with Crippen LogP contribution >= 0.6 is 15.9 Å². The topological polar surface area (TPSA) is 66.4 Å². The van der Waals surface area contributed by atoms with Gasteiger partial charge in [0.05, 0.1) is 11.3 Å². The molecule has 0 aliphatic rings. The van der Waals surface area contributed by atoms with Crippen molar-refractivity contribution in [1.82, 2.24) is 0 Å². The highest BCUT2D eigenvalue weighted by molar-refractivity contribution is 9.10. The number of hydrogen-bond acceptors (Lipinski definition) is 2. The van der Waals surface area contributed by atoms with Crippen molar-refractivity contribution in [3.63, 3.8) is 0 Å². The van der Waals surface area contributed by atoms with Gasteiger partial charge in [0, 0.05) is 4.47 Å². The van der Waals surface area contributed by atoms with Crippen LogP contribution in [0.15, 0.2) is 22.7 Å². The smallest absolute Gasteiger partial charge is 0.337 e. The number of aromatic carboxylic acids is 1. The molecule has 0 radical (unpaired) electrons. The maximum Gasteiger partial charge on any atom is 0.337 e. The molecular weight excluding hydrogens is 288 g/mol. The van der Waals surface area contributed by atoms with Crippen LogP contribution in [0.5, 0.6) is 0 Å². The molecule has 0 aromatic heterocycles. The minimum atomic E-state index is -3.20. The van der Waals surface area contributed by atoms with Gasteiger partial charge in [-0.1, -0.05) is 6.07 Å². The molecule has 0 unspecified atom stereocenters. The van der Waals surface area contributed by atoms with Crippen molar-refractivity contribution in [2.24, 2.45) is 0 Å². The molecule has 1 amide bonds. The zero-order valence-corrected chi connectivity index (χ0v) is 9.29. The standard InChI is InChI=1S/C9H6BrF2NO3/c10-5-3-1-2-4(9(15)16)6(5)13-8(14)7(11)12/h1-3,7H,(H,13,14)(H,15,16). The lowest BCUT2D eigenvalue weighted by molar-refractivity contribution is -0.126. The van der Waals surface area contributed by atoms with E-state index < -0.39 is 18.3 Å². The van der Waals surface area contributed by atoms with Gasteiger partial charge in [-0.25, -0.2) is 4.79 Å². The van der Waals surface area contributed by atoms with Gasteiger partial charge in [-0.15, -0.1) is 0 Å². The first-order valence-electron chi connectivity index (χ1n) is 4.04. The average Bonchev–Trinajstić information content (AvgIpc) is 2.20. The Morgan fingerprint density at radius 2 is 2.00 bits per heavy atom. The number of anilines is 1. The summed E-state index contributed by atoms with van der Waals surface area (Å²) >= 11 is 2.97. The molecule has 0 fully saturated rings. The molecule has 0 bridgehead atoms. The zero-order chi connectivity index (χ0) is 12.3. The van der Waals surface area contributed by atoms with Gasteiger partial charge < -0.3 is 10.4 Å². The van der Waals surface area contributed by atoms with Crippen molar-refractivity contribution in [3.8, 4) is 0 Å². The molecule has 0 heterocycles. The number of carboxylic acids is 1. The van der Waals surface area contributed by atoms with Crippen LogP contribution in [0.2, 0.25) is 0 Å².